The second-order valence-corrected chi connectivity index (χ2v) is 8.20. The Bertz CT molecular complexity index is 943. The molecule has 0 unspecified atom stereocenters. The van der Waals surface area contributed by atoms with Crippen molar-refractivity contribution in [3.63, 3.8) is 0 Å². The van der Waals surface area contributed by atoms with Gasteiger partial charge >= 0.3 is 52.7 Å². The maximum absolute atomic E-state index is 13.8. The summed E-state index contributed by atoms with van der Waals surface area (Å²) in [4.78, 5) is 11.4. The summed E-state index contributed by atoms with van der Waals surface area (Å²) in [5.74, 6) is -60.5. The van der Waals surface area contributed by atoms with E-state index in [1.807, 2.05) is 0 Å². The van der Waals surface area contributed by atoms with E-state index in [9.17, 15) is 75.0 Å². The van der Waals surface area contributed by atoms with Crippen molar-refractivity contribution in [2.75, 3.05) is 5.32 Å². The molecule has 1 amide bonds. The lowest BCUT2D eigenvalue weighted by atomic mass is 9.89. The maximum Gasteiger partial charge on any atom is 0.393 e. The molecule has 202 valence electrons. The normalized spacial score (nSPS) is 15.3. The maximum atomic E-state index is 13.8. The lowest BCUT2D eigenvalue weighted by Gasteiger charge is -2.42. The summed E-state index contributed by atoms with van der Waals surface area (Å²) in [7, 11) is 0. The van der Waals surface area contributed by atoms with Crippen LogP contribution in [0.15, 0.2) is 24.3 Å². The van der Waals surface area contributed by atoms with E-state index in [4.69, 9.17) is 0 Å². The average Bonchev–Trinajstić information content (AvgIpc) is 2.67. The lowest BCUT2D eigenvalue weighted by Crippen LogP contribution is -2.75. The summed E-state index contributed by atoms with van der Waals surface area (Å²) in [6.07, 6.45) is 0. The van der Waals surface area contributed by atoms with Gasteiger partial charge in [-0.3, -0.25) is 4.79 Å². The molecule has 1 rings (SSSR count). The van der Waals surface area contributed by atoms with Gasteiger partial charge in [-0.15, -0.1) is 0 Å². The molecule has 0 radical (unpaired) electrons. The molecule has 0 fully saturated rings. The molecule has 0 atom stereocenters. The molecule has 2 nitrogen and oxygen atoms in total. The Morgan fingerprint density at radius 3 is 1.26 bits per heavy atom. The van der Waals surface area contributed by atoms with Crippen LogP contribution in [0.25, 0.3) is 0 Å². The van der Waals surface area contributed by atoms with E-state index in [0.717, 1.165) is 17.4 Å². The molecular weight excluding hydrogens is 676 g/mol. The van der Waals surface area contributed by atoms with E-state index in [-0.39, 0.29) is 0 Å². The van der Waals surface area contributed by atoms with Gasteiger partial charge in [0.25, 0.3) is 0 Å². The number of nitrogens with one attached hydrogen (secondary N) is 1. The number of benzene rings is 1. The number of carbonyl (C=O) groups excluding carboxylic acids is 1. The van der Waals surface area contributed by atoms with Crippen molar-refractivity contribution in [2.45, 2.75) is 46.8 Å². The van der Waals surface area contributed by atoms with Crippen molar-refractivity contribution >= 4 is 45.8 Å². The zero-order chi connectivity index (χ0) is 28.3. The zero-order valence-electron chi connectivity index (χ0n) is 15.5. The van der Waals surface area contributed by atoms with Crippen LogP contribution in [0.5, 0.6) is 0 Å². The van der Waals surface area contributed by atoms with Crippen LogP contribution in [0.3, 0.4) is 0 Å². The SMILES string of the molecule is O=C(Nc1ccc(I)cc1)C(F)(F)C(F)(F)C(F)(F)C(F)(F)C(F)(F)C(F)(F)C(F)(F)C(F)(F)Cl. The summed E-state index contributed by atoms with van der Waals surface area (Å²) in [5, 5.41) is -6.03. The molecule has 0 spiro atoms. The molecule has 0 aliphatic rings. The van der Waals surface area contributed by atoms with E-state index in [1.54, 1.807) is 22.6 Å². The Hall–Kier alpha value is -1.41. The predicted octanol–water partition coefficient (Wildman–Crippen LogP) is 7.51. The van der Waals surface area contributed by atoms with Crippen molar-refractivity contribution in [2.24, 2.45) is 0 Å². The fourth-order valence-corrected chi connectivity index (χ4v) is 2.53. The molecule has 0 saturated heterocycles. The summed E-state index contributed by atoms with van der Waals surface area (Å²) in [5.41, 5.74) is -0.859. The van der Waals surface area contributed by atoms with Crippen LogP contribution in [-0.2, 0) is 4.79 Å². The molecule has 0 aliphatic carbocycles. The van der Waals surface area contributed by atoms with Gasteiger partial charge in [0.15, 0.2) is 0 Å². The van der Waals surface area contributed by atoms with Gasteiger partial charge in [0.1, 0.15) is 0 Å². The molecule has 1 aromatic carbocycles. The summed E-state index contributed by atoms with van der Waals surface area (Å²) < 4.78 is 214. The van der Waals surface area contributed by atoms with Gasteiger partial charge in [-0.2, -0.15) is 70.2 Å². The van der Waals surface area contributed by atoms with Gasteiger partial charge in [-0.25, -0.2) is 0 Å². The highest BCUT2D eigenvalue weighted by Crippen LogP contribution is 2.64. The van der Waals surface area contributed by atoms with Crippen molar-refractivity contribution in [3.8, 4) is 0 Å². The van der Waals surface area contributed by atoms with Gasteiger partial charge in [0.2, 0.25) is 0 Å². The standard InChI is InChI=1S/C15H5ClF16INO/c16-15(31,32)14(29,30)13(27,28)12(25,26)11(23,24)10(21,22)9(19,20)8(17,18)7(35)34-6-3-1-5(33)2-4-6/h1-4H,(H,34,35). The zero-order valence-corrected chi connectivity index (χ0v) is 18.4. The highest BCUT2D eigenvalue weighted by atomic mass is 127. The highest BCUT2D eigenvalue weighted by Gasteiger charge is 2.95. The number of hydrogen-bond donors (Lipinski definition) is 1. The second-order valence-electron chi connectivity index (χ2n) is 6.48. The Labute approximate surface area is 201 Å². The van der Waals surface area contributed by atoms with Gasteiger partial charge in [0, 0.05) is 9.26 Å². The predicted molar refractivity (Wildman–Crippen MR) is 93.2 cm³/mol. The minimum absolute atomic E-state index is 0.325. The Morgan fingerprint density at radius 1 is 0.600 bits per heavy atom. The smallest absolute Gasteiger partial charge is 0.321 e. The van der Waals surface area contributed by atoms with E-state index < -0.39 is 58.4 Å². The fourth-order valence-electron chi connectivity index (χ4n) is 2.05. The van der Waals surface area contributed by atoms with Crippen molar-refractivity contribution < 1.29 is 75.0 Å². The van der Waals surface area contributed by atoms with Crippen LogP contribution in [0.1, 0.15) is 0 Å². The molecule has 0 aromatic heterocycles. The van der Waals surface area contributed by atoms with Crippen molar-refractivity contribution in [1.82, 2.24) is 0 Å². The van der Waals surface area contributed by atoms with E-state index in [0.29, 0.717) is 15.7 Å². The largest absolute Gasteiger partial charge is 0.393 e. The molecule has 20 heteroatoms. The number of carbonyl (C=O) groups is 1. The number of alkyl halides is 17. The first-order valence-electron chi connectivity index (χ1n) is 7.93. The fraction of sp³-hybridized carbons (Fsp3) is 0.533. The van der Waals surface area contributed by atoms with Crippen LogP contribution in [0, 0.1) is 3.57 Å². The third-order valence-electron chi connectivity index (χ3n) is 4.11. The van der Waals surface area contributed by atoms with Gasteiger partial charge in [-0.05, 0) is 58.5 Å². The molecule has 0 heterocycles. The highest BCUT2D eigenvalue weighted by molar-refractivity contribution is 14.1. The topological polar surface area (TPSA) is 29.1 Å². The van der Waals surface area contributed by atoms with Crippen LogP contribution >= 0.6 is 34.2 Å². The lowest BCUT2D eigenvalue weighted by molar-refractivity contribution is -0.445. The third kappa shape index (κ3) is 4.58. The molecule has 0 bridgehead atoms. The van der Waals surface area contributed by atoms with Gasteiger partial charge in [-0.1, -0.05) is 0 Å². The summed E-state index contributed by atoms with van der Waals surface area (Å²) in [6.45, 7) is 0. The van der Waals surface area contributed by atoms with E-state index in [1.165, 1.54) is 0 Å². The van der Waals surface area contributed by atoms with Crippen LogP contribution in [0.4, 0.5) is 75.9 Å². The van der Waals surface area contributed by atoms with Crippen molar-refractivity contribution in [1.29, 1.82) is 0 Å². The number of halogens is 18. The van der Waals surface area contributed by atoms with Crippen LogP contribution < -0.4 is 5.32 Å². The molecule has 0 aliphatic heterocycles. The van der Waals surface area contributed by atoms with E-state index in [2.05, 4.69) is 11.6 Å². The molecule has 1 aromatic rings. The summed E-state index contributed by atoms with van der Waals surface area (Å²) in [6, 6.07) is 3.38. The average molecular weight is 682 g/mol. The number of hydrogen-bond acceptors (Lipinski definition) is 1. The van der Waals surface area contributed by atoms with Gasteiger partial charge in [0.05, 0.1) is 0 Å². The Kier molecular flexibility index (Phi) is 8.00. The molecule has 0 saturated carbocycles. The number of amides is 1. The first kappa shape index (κ1) is 31.6. The molecule has 1 N–H and O–H groups in total. The Balaban J connectivity index is 3.56. The van der Waals surface area contributed by atoms with Gasteiger partial charge < -0.3 is 5.32 Å². The molecular formula is C15H5ClF16INO. The number of rotatable bonds is 9. The quantitative estimate of drug-likeness (QED) is 0.163. The van der Waals surface area contributed by atoms with Crippen molar-refractivity contribution in [3.05, 3.63) is 27.8 Å². The van der Waals surface area contributed by atoms with Crippen LogP contribution in [0.2, 0.25) is 0 Å². The molecule has 35 heavy (non-hydrogen) atoms. The number of anilines is 1. The Morgan fingerprint density at radius 2 is 0.914 bits per heavy atom. The minimum Gasteiger partial charge on any atom is -0.321 e. The van der Waals surface area contributed by atoms with Crippen LogP contribution in [-0.4, -0.2) is 52.7 Å². The monoisotopic (exact) mass is 681 g/mol. The third-order valence-corrected chi connectivity index (χ3v) is 5.07. The first-order valence-corrected chi connectivity index (χ1v) is 9.38. The summed E-state index contributed by atoms with van der Waals surface area (Å²) >= 11 is 5.02. The minimum atomic E-state index is -8.62. The first-order chi connectivity index (χ1) is 15.1. The second kappa shape index (κ2) is 8.86. The van der Waals surface area contributed by atoms with E-state index >= 15 is 0 Å².